The van der Waals surface area contributed by atoms with Crippen LogP contribution in [0.3, 0.4) is 0 Å². The van der Waals surface area contributed by atoms with Gasteiger partial charge in [0.25, 0.3) is 0 Å². The van der Waals surface area contributed by atoms with Crippen LogP contribution in [-0.2, 0) is 16.1 Å². The third kappa shape index (κ3) is 5.26. The number of esters is 1. The van der Waals surface area contributed by atoms with E-state index in [2.05, 4.69) is 9.97 Å². The molecule has 154 valence electrons. The third-order valence-electron chi connectivity index (χ3n) is 4.87. The molecule has 1 aliphatic heterocycles. The van der Waals surface area contributed by atoms with E-state index < -0.39 is 17.4 Å². The number of rotatable bonds is 6. The van der Waals surface area contributed by atoms with Gasteiger partial charge in [-0.2, -0.15) is 0 Å². The number of carbonyl (C=O) groups excluding carboxylic acids is 1. The number of benzene rings is 1. The molecular formula is C20H24FN5O3. The van der Waals surface area contributed by atoms with E-state index in [1.54, 1.807) is 24.5 Å². The molecule has 0 atom stereocenters. The van der Waals surface area contributed by atoms with E-state index in [0.717, 1.165) is 0 Å². The van der Waals surface area contributed by atoms with Crippen molar-refractivity contribution in [2.75, 3.05) is 18.0 Å². The van der Waals surface area contributed by atoms with E-state index in [9.17, 15) is 14.3 Å². The highest BCUT2D eigenvalue weighted by atomic mass is 19.1. The summed E-state index contributed by atoms with van der Waals surface area (Å²) in [5.41, 5.74) is 5.51. The maximum Gasteiger partial charge on any atom is 0.313 e. The number of nitrogens with zero attached hydrogens (tertiary/aromatic N) is 3. The summed E-state index contributed by atoms with van der Waals surface area (Å²) >= 11 is 0. The van der Waals surface area contributed by atoms with Gasteiger partial charge in [0.2, 0.25) is 5.95 Å². The lowest BCUT2D eigenvalue weighted by atomic mass is 9.94. The average molecular weight is 401 g/mol. The summed E-state index contributed by atoms with van der Waals surface area (Å²) in [7, 11) is 0. The first-order valence-electron chi connectivity index (χ1n) is 9.31. The zero-order chi connectivity index (χ0) is 21.0. The van der Waals surface area contributed by atoms with Crippen LogP contribution in [0.2, 0.25) is 0 Å². The summed E-state index contributed by atoms with van der Waals surface area (Å²) in [6.45, 7) is 2.88. The van der Waals surface area contributed by atoms with Crippen molar-refractivity contribution < 1.29 is 19.0 Å². The molecular weight excluding hydrogens is 377 g/mol. The highest BCUT2D eigenvalue weighted by Gasteiger charge is 2.28. The molecule has 0 unspecified atom stereocenters. The topological polar surface area (TPSA) is 125 Å². The monoisotopic (exact) mass is 401 g/mol. The van der Waals surface area contributed by atoms with Crippen LogP contribution < -0.4 is 10.6 Å². The second-order valence-corrected chi connectivity index (χ2v) is 7.40. The Labute approximate surface area is 168 Å². The van der Waals surface area contributed by atoms with E-state index in [-0.39, 0.29) is 24.4 Å². The molecule has 1 fully saturated rings. The Morgan fingerprint density at radius 2 is 2.00 bits per heavy atom. The minimum absolute atomic E-state index is 0.210. The number of nitrogens with one attached hydrogen (secondary N) is 1. The summed E-state index contributed by atoms with van der Waals surface area (Å²) in [5, 5.41) is 17.1. The van der Waals surface area contributed by atoms with E-state index in [1.165, 1.54) is 6.07 Å². The number of anilines is 1. The van der Waals surface area contributed by atoms with Crippen molar-refractivity contribution in [2.24, 2.45) is 5.73 Å². The third-order valence-corrected chi connectivity index (χ3v) is 4.87. The lowest BCUT2D eigenvalue weighted by molar-refractivity contribution is -0.143. The van der Waals surface area contributed by atoms with Crippen molar-refractivity contribution in [3.63, 3.8) is 0 Å². The summed E-state index contributed by atoms with van der Waals surface area (Å²) in [6, 6.07) is 4.79. The van der Waals surface area contributed by atoms with Crippen molar-refractivity contribution in [3.8, 4) is 11.1 Å². The zero-order valence-corrected chi connectivity index (χ0v) is 16.2. The Morgan fingerprint density at radius 3 is 2.62 bits per heavy atom. The van der Waals surface area contributed by atoms with Gasteiger partial charge in [0.15, 0.2) is 0 Å². The first-order valence-corrected chi connectivity index (χ1v) is 9.31. The molecule has 1 saturated heterocycles. The molecule has 2 aromatic rings. The number of piperidine rings is 1. The molecule has 0 bridgehead atoms. The predicted octanol–water partition coefficient (Wildman–Crippen LogP) is 2.00. The van der Waals surface area contributed by atoms with Gasteiger partial charge in [-0.15, -0.1) is 0 Å². The Kier molecular flexibility index (Phi) is 6.07. The highest BCUT2D eigenvalue weighted by Crippen LogP contribution is 2.27. The van der Waals surface area contributed by atoms with E-state index >= 15 is 0 Å². The largest absolute Gasteiger partial charge is 0.460 e. The van der Waals surface area contributed by atoms with E-state index in [4.69, 9.17) is 15.9 Å². The van der Waals surface area contributed by atoms with Crippen molar-refractivity contribution in [1.29, 1.82) is 5.41 Å². The Bertz CT molecular complexity index is 891. The van der Waals surface area contributed by atoms with Crippen LogP contribution >= 0.6 is 0 Å². The smallest absolute Gasteiger partial charge is 0.313 e. The normalized spacial score (nSPS) is 15.8. The van der Waals surface area contributed by atoms with Crippen molar-refractivity contribution >= 4 is 17.8 Å². The van der Waals surface area contributed by atoms with E-state index in [1.807, 2.05) is 11.8 Å². The molecule has 9 heteroatoms. The van der Waals surface area contributed by atoms with Gasteiger partial charge in [-0.05, 0) is 19.8 Å². The number of hydrogen-bond donors (Lipinski definition) is 3. The first-order chi connectivity index (χ1) is 13.7. The first kappa shape index (κ1) is 20.7. The number of aromatic nitrogens is 2. The second kappa shape index (κ2) is 8.52. The number of amidine groups is 1. The maximum atomic E-state index is 14.9. The quantitative estimate of drug-likeness (QED) is 0.384. The van der Waals surface area contributed by atoms with Crippen LogP contribution in [0.1, 0.15) is 31.7 Å². The van der Waals surface area contributed by atoms with Crippen LogP contribution in [0.4, 0.5) is 10.3 Å². The molecule has 0 saturated carbocycles. The van der Waals surface area contributed by atoms with Gasteiger partial charge in [-0.3, -0.25) is 10.2 Å². The van der Waals surface area contributed by atoms with Crippen LogP contribution in [-0.4, -0.2) is 45.6 Å². The molecule has 0 aliphatic carbocycles. The van der Waals surface area contributed by atoms with Crippen LogP contribution in [0.15, 0.2) is 30.6 Å². The summed E-state index contributed by atoms with van der Waals surface area (Å²) < 4.78 is 19.8. The van der Waals surface area contributed by atoms with Crippen molar-refractivity contribution in [3.05, 3.63) is 42.0 Å². The summed E-state index contributed by atoms with van der Waals surface area (Å²) in [5.74, 6) is -0.971. The minimum atomic E-state index is -0.685. The standard InChI is InChI=1S/C20H24FN5O3/c1-20(28)5-7-26(8-6-20)19-24-10-14(11-25-19)15-4-2-3-13(18(15)21)12-29-17(27)9-16(22)23/h2-4,10-11,28H,5-9,12H2,1H3,(H3,22,23). The molecule has 0 radical (unpaired) electrons. The maximum absolute atomic E-state index is 14.9. The molecule has 1 aliphatic rings. The highest BCUT2D eigenvalue weighted by molar-refractivity contribution is 5.94. The summed E-state index contributed by atoms with van der Waals surface area (Å²) in [6.07, 6.45) is 4.05. The lowest BCUT2D eigenvalue weighted by Gasteiger charge is -2.35. The number of hydrogen-bond acceptors (Lipinski definition) is 7. The fourth-order valence-electron chi connectivity index (χ4n) is 3.09. The van der Waals surface area contributed by atoms with Gasteiger partial charge >= 0.3 is 5.97 Å². The Hall–Kier alpha value is -3.07. The molecule has 3 rings (SSSR count). The molecule has 1 aromatic heterocycles. The Balaban J connectivity index is 1.70. The van der Waals surface area contributed by atoms with Crippen molar-refractivity contribution in [2.45, 2.75) is 38.4 Å². The van der Waals surface area contributed by atoms with Crippen LogP contribution in [0.25, 0.3) is 11.1 Å². The van der Waals surface area contributed by atoms with E-state index in [0.29, 0.717) is 43.0 Å². The van der Waals surface area contributed by atoms with Gasteiger partial charge in [-0.25, -0.2) is 14.4 Å². The molecule has 0 spiro atoms. The zero-order valence-electron chi connectivity index (χ0n) is 16.2. The molecule has 29 heavy (non-hydrogen) atoms. The van der Waals surface area contributed by atoms with Gasteiger partial charge in [-0.1, -0.05) is 18.2 Å². The number of carbonyl (C=O) groups is 1. The predicted molar refractivity (Wildman–Crippen MR) is 106 cm³/mol. The van der Waals surface area contributed by atoms with Gasteiger partial charge in [0, 0.05) is 42.2 Å². The Morgan fingerprint density at radius 1 is 1.34 bits per heavy atom. The van der Waals surface area contributed by atoms with Crippen LogP contribution in [0, 0.1) is 11.2 Å². The molecule has 1 aromatic carbocycles. The van der Waals surface area contributed by atoms with Gasteiger partial charge in [0.1, 0.15) is 24.7 Å². The molecule has 0 amide bonds. The summed E-state index contributed by atoms with van der Waals surface area (Å²) in [4.78, 5) is 22.2. The van der Waals surface area contributed by atoms with Crippen molar-refractivity contribution in [1.82, 2.24) is 9.97 Å². The van der Waals surface area contributed by atoms with Gasteiger partial charge in [0.05, 0.1) is 5.60 Å². The fraction of sp³-hybridized carbons (Fsp3) is 0.400. The number of ether oxygens (including phenoxy) is 1. The SMILES string of the molecule is CC1(O)CCN(c2ncc(-c3cccc(COC(=O)CC(=N)N)c3F)cn2)CC1. The number of aliphatic hydroxyl groups is 1. The minimum Gasteiger partial charge on any atom is -0.460 e. The average Bonchev–Trinajstić information content (AvgIpc) is 2.67. The van der Waals surface area contributed by atoms with Crippen LogP contribution in [0.5, 0.6) is 0 Å². The molecule has 8 nitrogen and oxygen atoms in total. The number of nitrogens with two attached hydrogens (primary N) is 1. The lowest BCUT2D eigenvalue weighted by Crippen LogP contribution is -2.43. The molecule has 4 N–H and O–H groups in total. The fourth-order valence-corrected chi connectivity index (χ4v) is 3.09. The number of halogens is 1. The van der Waals surface area contributed by atoms with Gasteiger partial charge < -0.3 is 20.5 Å². The second-order valence-electron chi connectivity index (χ2n) is 7.40. The molecule has 2 heterocycles.